The van der Waals surface area contributed by atoms with Crippen LogP contribution in [0.5, 0.6) is 0 Å². The van der Waals surface area contributed by atoms with E-state index < -0.39 is 97.5 Å². The third kappa shape index (κ3) is 75.7. The van der Waals surface area contributed by atoms with Gasteiger partial charge in [-0.05, 0) is 167 Å². The van der Waals surface area contributed by atoms with Crippen molar-refractivity contribution in [2.24, 2.45) is 0 Å². The number of hydrogen-bond donors (Lipinski definition) is 3. The molecule has 0 saturated carbocycles. The van der Waals surface area contributed by atoms with E-state index in [0.717, 1.165) is 180 Å². The predicted molar refractivity (Wildman–Crippen MR) is 427 cm³/mol. The summed E-state index contributed by atoms with van der Waals surface area (Å²) < 4.78 is 68.6. The zero-order valence-electron chi connectivity index (χ0n) is 65.4. The number of allylic oxidation sites excluding steroid dienone is 20. The van der Waals surface area contributed by atoms with E-state index >= 15 is 0 Å². The summed E-state index contributed by atoms with van der Waals surface area (Å²) in [6.07, 6.45) is 84.5. The summed E-state index contributed by atoms with van der Waals surface area (Å²) in [5.41, 5.74) is 0. The number of unbranched alkanes of at least 4 members (excludes halogenated alkanes) is 30. The molecule has 0 rings (SSSR count). The van der Waals surface area contributed by atoms with Gasteiger partial charge in [0.2, 0.25) is 0 Å². The normalized spacial score (nSPS) is 14.5. The fraction of sp³-hybridized carbons (Fsp3) is 0.718. The quantitative estimate of drug-likeness (QED) is 0.0169. The maximum Gasteiger partial charge on any atom is 0.472 e. The Bertz CT molecular complexity index is 2440. The lowest BCUT2D eigenvalue weighted by molar-refractivity contribution is -0.161. The second-order valence-corrected chi connectivity index (χ2v) is 29.9. The van der Waals surface area contributed by atoms with Gasteiger partial charge >= 0.3 is 39.5 Å². The number of esters is 4. The molecule has 0 aromatic rings. The maximum absolute atomic E-state index is 13.1. The molecule has 0 bridgehead atoms. The molecule has 17 nitrogen and oxygen atoms in total. The molecule has 0 aliphatic rings. The molecule has 0 amide bonds. The van der Waals surface area contributed by atoms with E-state index in [1.165, 1.54) is 77.0 Å². The van der Waals surface area contributed by atoms with Gasteiger partial charge in [0.1, 0.15) is 19.3 Å². The Kier molecular flexibility index (Phi) is 73.3. The maximum atomic E-state index is 13.1. The minimum Gasteiger partial charge on any atom is -0.462 e. The van der Waals surface area contributed by atoms with Crippen molar-refractivity contribution in [2.45, 2.75) is 354 Å². The zero-order valence-corrected chi connectivity index (χ0v) is 67.2. The molecule has 3 N–H and O–H groups in total. The number of phosphoric acid groups is 2. The fourth-order valence-electron chi connectivity index (χ4n) is 10.6. The van der Waals surface area contributed by atoms with Crippen molar-refractivity contribution in [3.63, 3.8) is 0 Å². The highest BCUT2D eigenvalue weighted by atomic mass is 31.2. The van der Waals surface area contributed by atoms with Gasteiger partial charge in [0, 0.05) is 25.7 Å². The van der Waals surface area contributed by atoms with Crippen LogP contribution in [0.3, 0.4) is 0 Å². The van der Waals surface area contributed by atoms with Crippen LogP contribution in [0.25, 0.3) is 0 Å². The molecule has 0 fully saturated rings. The standard InChI is InChI=1S/C85H146O17P2/c1-5-9-13-17-21-25-29-33-37-39-43-46-50-54-58-62-66-70-83(88)96-76-81(102-85(90)72-68-64-60-56-52-48-44-40-38-34-30-26-22-18-14-10-6-2)78-100-104(93,94)98-74-79(86)73-97-103(91,92)99-77-80(101-84(89)71-67-63-59-55-51-47-42-36-32-28-24-20-16-12-8-4)75-95-82(87)69-65-61-57-53-49-45-41-35-31-27-23-19-15-11-7-3/h21-28,33-38,41-44,46,48,79-81,86H,5-20,29-32,39-40,45,47,49-78H2,1-4H3,(H,91,92)(H,93,94). The average molecular weight is 1500 g/mol. The molecule has 0 heterocycles. The van der Waals surface area contributed by atoms with Gasteiger partial charge in [-0.15, -0.1) is 0 Å². The van der Waals surface area contributed by atoms with E-state index in [-0.39, 0.29) is 25.7 Å². The Hall–Kier alpha value is -4.54. The monoisotopic (exact) mass is 1500 g/mol. The summed E-state index contributed by atoms with van der Waals surface area (Å²) in [6.45, 7) is 4.71. The van der Waals surface area contributed by atoms with Crippen LogP contribution in [0, 0.1) is 0 Å². The summed E-state index contributed by atoms with van der Waals surface area (Å²) in [6, 6.07) is 0. The Balaban J connectivity index is 5.44. The van der Waals surface area contributed by atoms with Crippen LogP contribution in [-0.4, -0.2) is 96.7 Å². The van der Waals surface area contributed by atoms with Crippen molar-refractivity contribution in [1.82, 2.24) is 0 Å². The van der Waals surface area contributed by atoms with Crippen molar-refractivity contribution < 1.29 is 80.2 Å². The number of aliphatic hydroxyl groups excluding tert-OH is 1. The van der Waals surface area contributed by atoms with E-state index in [0.29, 0.717) is 25.7 Å². The first-order chi connectivity index (χ1) is 50.7. The number of hydrogen-bond acceptors (Lipinski definition) is 15. The van der Waals surface area contributed by atoms with Crippen molar-refractivity contribution in [2.75, 3.05) is 39.6 Å². The van der Waals surface area contributed by atoms with Crippen molar-refractivity contribution >= 4 is 39.5 Å². The summed E-state index contributed by atoms with van der Waals surface area (Å²) in [5, 5.41) is 10.6. The Morgan fingerprint density at radius 1 is 0.269 bits per heavy atom. The summed E-state index contributed by atoms with van der Waals surface area (Å²) in [4.78, 5) is 73.1. The van der Waals surface area contributed by atoms with E-state index in [1.807, 2.05) is 0 Å². The number of carbonyl (C=O) groups excluding carboxylic acids is 4. The average Bonchev–Trinajstić information content (AvgIpc) is 0.926. The second-order valence-electron chi connectivity index (χ2n) is 27.0. The largest absolute Gasteiger partial charge is 0.472 e. The van der Waals surface area contributed by atoms with Crippen LogP contribution < -0.4 is 0 Å². The molecule has 0 aromatic heterocycles. The summed E-state index contributed by atoms with van der Waals surface area (Å²) in [5.74, 6) is -2.25. The van der Waals surface area contributed by atoms with Crippen LogP contribution in [0.15, 0.2) is 122 Å². The molecule has 104 heavy (non-hydrogen) atoms. The van der Waals surface area contributed by atoms with E-state index in [1.54, 1.807) is 0 Å². The van der Waals surface area contributed by atoms with Gasteiger partial charge in [-0.25, -0.2) is 9.13 Å². The van der Waals surface area contributed by atoms with Gasteiger partial charge < -0.3 is 33.8 Å². The van der Waals surface area contributed by atoms with Crippen molar-refractivity contribution in [3.05, 3.63) is 122 Å². The van der Waals surface area contributed by atoms with Gasteiger partial charge in [0.15, 0.2) is 12.2 Å². The summed E-state index contributed by atoms with van der Waals surface area (Å²) >= 11 is 0. The third-order valence-corrected chi connectivity index (χ3v) is 18.8. The highest BCUT2D eigenvalue weighted by molar-refractivity contribution is 7.47. The third-order valence-electron chi connectivity index (χ3n) is 16.9. The smallest absolute Gasteiger partial charge is 0.462 e. The van der Waals surface area contributed by atoms with Crippen LogP contribution >= 0.6 is 15.6 Å². The lowest BCUT2D eigenvalue weighted by Crippen LogP contribution is -2.30. The van der Waals surface area contributed by atoms with E-state index in [9.17, 15) is 43.2 Å². The Morgan fingerprint density at radius 2 is 0.471 bits per heavy atom. The molecule has 0 radical (unpaired) electrons. The number of rotatable bonds is 76. The molecule has 598 valence electrons. The number of aliphatic hydroxyl groups is 1. The fourth-order valence-corrected chi connectivity index (χ4v) is 12.2. The molecule has 0 aliphatic carbocycles. The van der Waals surface area contributed by atoms with Crippen molar-refractivity contribution in [1.29, 1.82) is 0 Å². The molecule has 0 saturated heterocycles. The van der Waals surface area contributed by atoms with Crippen LogP contribution in [0.2, 0.25) is 0 Å². The summed E-state index contributed by atoms with van der Waals surface area (Å²) in [7, 11) is -9.98. The molecule has 0 spiro atoms. The zero-order chi connectivity index (χ0) is 76.0. The number of phosphoric ester groups is 2. The lowest BCUT2D eigenvalue weighted by atomic mass is 10.1. The highest BCUT2D eigenvalue weighted by Gasteiger charge is 2.30. The predicted octanol–water partition coefficient (Wildman–Crippen LogP) is 23.9. The van der Waals surface area contributed by atoms with Crippen LogP contribution in [-0.2, 0) is 65.4 Å². The van der Waals surface area contributed by atoms with Gasteiger partial charge in [-0.2, -0.15) is 0 Å². The SMILES string of the molecule is CCCCCC=CCC=CCC=CCCCCCCC(=O)OCC(COP(=O)(O)OCC(O)COP(=O)(O)OCC(COC(=O)CCCCCCCC=CCC=CCCCCC)OC(=O)CCCCCCCC=CCC=CCCCCC)OC(=O)CCCCCCC=CCC=CCC=CCCCCC. The molecular formula is C85H146O17P2. The molecule has 5 atom stereocenters. The van der Waals surface area contributed by atoms with Gasteiger partial charge in [0.05, 0.1) is 26.4 Å². The van der Waals surface area contributed by atoms with Gasteiger partial charge in [-0.1, -0.05) is 265 Å². The van der Waals surface area contributed by atoms with Gasteiger partial charge in [0.25, 0.3) is 0 Å². The second kappa shape index (κ2) is 76.6. The first-order valence-corrected chi connectivity index (χ1v) is 43.8. The number of ether oxygens (including phenoxy) is 4. The Labute approximate surface area is 632 Å². The molecule has 0 aromatic carbocycles. The number of carbonyl (C=O) groups is 4. The Morgan fingerprint density at radius 3 is 0.721 bits per heavy atom. The molecular weight excluding hydrogens is 1350 g/mol. The van der Waals surface area contributed by atoms with Gasteiger partial charge in [-0.3, -0.25) is 37.3 Å². The van der Waals surface area contributed by atoms with Crippen LogP contribution in [0.1, 0.15) is 336 Å². The minimum atomic E-state index is -4.99. The lowest BCUT2D eigenvalue weighted by Gasteiger charge is -2.21. The van der Waals surface area contributed by atoms with E-state index in [2.05, 4.69) is 149 Å². The topological polar surface area (TPSA) is 237 Å². The molecule has 19 heteroatoms. The molecule has 0 aliphatic heterocycles. The first-order valence-electron chi connectivity index (χ1n) is 40.8. The minimum absolute atomic E-state index is 0.0617. The van der Waals surface area contributed by atoms with Crippen molar-refractivity contribution in [3.8, 4) is 0 Å². The highest BCUT2D eigenvalue weighted by Crippen LogP contribution is 2.45. The first kappa shape index (κ1) is 99.5. The van der Waals surface area contributed by atoms with Crippen LogP contribution in [0.4, 0.5) is 0 Å². The van der Waals surface area contributed by atoms with E-state index in [4.69, 9.17) is 37.0 Å². The molecule has 5 unspecified atom stereocenters.